The quantitative estimate of drug-likeness (QED) is 0.691. The summed E-state index contributed by atoms with van der Waals surface area (Å²) in [5.74, 6) is 0.513. The topological polar surface area (TPSA) is 44.1 Å². The Hall–Kier alpha value is -2.40. The van der Waals surface area contributed by atoms with Crippen molar-refractivity contribution in [1.29, 1.82) is 0 Å². The molecule has 2 aromatic heterocycles. The highest BCUT2D eigenvalue weighted by molar-refractivity contribution is 7.12. The molecule has 0 saturated heterocycles. The molecule has 0 unspecified atom stereocenters. The van der Waals surface area contributed by atoms with Crippen molar-refractivity contribution in [3.8, 4) is 11.4 Å². The van der Waals surface area contributed by atoms with E-state index in [-0.39, 0.29) is 5.78 Å². The van der Waals surface area contributed by atoms with Gasteiger partial charge in [-0.25, -0.2) is 4.68 Å². The van der Waals surface area contributed by atoms with Gasteiger partial charge in [-0.15, -0.1) is 11.3 Å². The first-order valence-corrected chi connectivity index (χ1v) is 6.95. The van der Waals surface area contributed by atoms with Crippen molar-refractivity contribution >= 4 is 17.1 Å². The molecule has 0 aliphatic carbocycles. The number of methoxy groups -OCH3 is 1. The zero-order valence-electron chi connectivity index (χ0n) is 10.8. The molecule has 0 atom stereocenters. The summed E-state index contributed by atoms with van der Waals surface area (Å²) in [5, 5.41) is 6.08. The highest BCUT2D eigenvalue weighted by Crippen LogP contribution is 2.27. The Kier molecular flexibility index (Phi) is 3.35. The van der Waals surface area contributed by atoms with E-state index in [2.05, 4.69) is 5.10 Å². The normalized spacial score (nSPS) is 10.4. The maximum Gasteiger partial charge on any atom is 0.225 e. The van der Waals surface area contributed by atoms with Gasteiger partial charge in [0.05, 0.1) is 19.0 Å². The molecule has 0 aliphatic heterocycles. The summed E-state index contributed by atoms with van der Waals surface area (Å²) in [6.45, 7) is 0. The van der Waals surface area contributed by atoms with Crippen LogP contribution in [0.1, 0.15) is 15.4 Å². The van der Waals surface area contributed by atoms with Crippen LogP contribution in [0.15, 0.2) is 54.0 Å². The summed E-state index contributed by atoms with van der Waals surface area (Å²) in [4.78, 5) is 13.2. The SMILES string of the molecule is COc1ccsc1C(=O)c1ccnn1-c1ccccc1. The molecule has 4 nitrogen and oxygen atoms in total. The summed E-state index contributed by atoms with van der Waals surface area (Å²) < 4.78 is 6.85. The number of para-hydroxylation sites is 1. The Morgan fingerprint density at radius 2 is 2.00 bits per heavy atom. The maximum atomic E-state index is 12.6. The number of nitrogens with zero attached hydrogens (tertiary/aromatic N) is 2. The van der Waals surface area contributed by atoms with E-state index in [1.807, 2.05) is 35.7 Å². The van der Waals surface area contributed by atoms with Crippen molar-refractivity contribution in [2.75, 3.05) is 7.11 Å². The third-order valence-corrected chi connectivity index (χ3v) is 3.83. The molecule has 1 aromatic carbocycles. The molecule has 3 rings (SSSR count). The number of carbonyl (C=O) groups is 1. The van der Waals surface area contributed by atoms with E-state index in [1.54, 1.807) is 30.1 Å². The molecule has 0 N–H and O–H groups in total. The van der Waals surface area contributed by atoms with Gasteiger partial charge in [0.15, 0.2) is 0 Å². The first-order chi connectivity index (χ1) is 9.81. The van der Waals surface area contributed by atoms with E-state index in [0.29, 0.717) is 16.3 Å². The molecular formula is C15H12N2O2S. The summed E-state index contributed by atoms with van der Waals surface area (Å²) in [5.41, 5.74) is 1.38. The Morgan fingerprint density at radius 3 is 2.75 bits per heavy atom. The van der Waals surface area contributed by atoms with Crippen LogP contribution in [0.2, 0.25) is 0 Å². The van der Waals surface area contributed by atoms with Crippen LogP contribution in [0.5, 0.6) is 5.75 Å². The third-order valence-electron chi connectivity index (χ3n) is 2.93. The van der Waals surface area contributed by atoms with E-state index in [1.165, 1.54) is 11.3 Å². The highest BCUT2D eigenvalue weighted by atomic mass is 32.1. The number of aromatic nitrogens is 2. The van der Waals surface area contributed by atoms with Crippen LogP contribution in [0.4, 0.5) is 0 Å². The second-order valence-corrected chi connectivity index (χ2v) is 5.03. The molecular weight excluding hydrogens is 272 g/mol. The number of hydrogen-bond acceptors (Lipinski definition) is 4. The van der Waals surface area contributed by atoms with Gasteiger partial charge in [0.25, 0.3) is 0 Å². The van der Waals surface area contributed by atoms with Crippen molar-refractivity contribution < 1.29 is 9.53 Å². The van der Waals surface area contributed by atoms with Gasteiger partial charge in [-0.05, 0) is 29.6 Å². The lowest BCUT2D eigenvalue weighted by Crippen LogP contribution is -2.09. The Balaban J connectivity index is 2.04. The molecule has 0 saturated carbocycles. The first-order valence-electron chi connectivity index (χ1n) is 6.07. The minimum atomic E-state index is -0.0850. The van der Waals surface area contributed by atoms with Crippen molar-refractivity contribution in [2.45, 2.75) is 0 Å². The Bertz CT molecular complexity index is 731. The van der Waals surface area contributed by atoms with Crippen LogP contribution in [-0.2, 0) is 0 Å². The van der Waals surface area contributed by atoms with Crippen molar-refractivity contribution in [2.24, 2.45) is 0 Å². The number of ketones is 1. The smallest absolute Gasteiger partial charge is 0.225 e. The van der Waals surface area contributed by atoms with Crippen molar-refractivity contribution in [3.05, 3.63) is 64.6 Å². The van der Waals surface area contributed by atoms with Crippen LogP contribution in [0, 0.1) is 0 Å². The van der Waals surface area contributed by atoms with Crippen LogP contribution in [0.3, 0.4) is 0 Å². The van der Waals surface area contributed by atoms with E-state index in [4.69, 9.17) is 4.74 Å². The molecule has 2 heterocycles. The molecule has 20 heavy (non-hydrogen) atoms. The monoisotopic (exact) mass is 284 g/mol. The molecule has 0 amide bonds. The molecule has 100 valence electrons. The second kappa shape index (κ2) is 5.30. The molecule has 5 heteroatoms. The largest absolute Gasteiger partial charge is 0.495 e. The van der Waals surface area contributed by atoms with Crippen LogP contribution >= 0.6 is 11.3 Å². The summed E-state index contributed by atoms with van der Waals surface area (Å²) >= 11 is 1.37. The molecule has 0 radical (unpaired) electrons. The second-order valence-electron chi connectivity index (χ2n) is 4.11. The lowest BCUT2D eigenvalue weighted by Gasteiger charge is -2.06. The Labute approximate surface area is 120 Å². The summed E-state index contributed by atoms with van der Waals surface area (Å²) in [6, 6.07) is 13.1. The lowest BCUT2D eigenvalue weighted by atomic mass is 10.2. The van der Waals surface area contributed by atoms with Gasteiger partial charge in [0.1, 0.15) is 16.3 Å². The van der Waals surface area contributed by atoms with Gasteiger partial charge in [-0.3, -0.25) is 4.79 Å². The van der Waals surface area contributed by atoms with Gasteiger partial charge in [0.2, 0.25) is 5.78 Å². The number of benzene rings is 1. The van der Waals surface area contributed by atoms with Gasteiger partial charge >= 0.3 is 0 Å². The number of thiophene rings is 1. The van der Waals surface area contributed by atoms with E-state index in [0.717, 1.165) is 5.69 Å². The fourth-order valence-electron chi connectivity index (χ4n) is 1.99. The highest BCUT2D eigenvalue weighted by Gasteiger charge is 2.20. The van der Waals surface area contributed by atoms with E-state index < -0.39 is 0 Å². The first kappa shape index (κ1) is 12.6. The summed E-state index contributed by atoms with van der Waals surface area (Å²) in [6.07, 6.45) is 1.63. The molecule has 0 aliphatic rings. The fraction of sp³-hybridized carbons (Fsp3) is 0.0667. The molecule has 3 aromatic rings. The van der Waals surface area contributed by atoms with Crippen LogP contribution in [0.25, 0.3) is 5.69 Å². The third kappa shape index (κ3) is 2.12. The predicted octanol–water partition coefficient (Wildman–Crippen LogP) is 3.17. The zero-order valence-corrected chi connectivity index (χ0v) is 11.6. The number of rotatable bonds is 4. The molecule has 0 bridgehead atoms. The molecule has 0 spiro atoms. The summed E-state index contributed by atoms with van der Waals surface area (Å²) in [7, 11) is 1.56. The maximum absolute atomic E-state index is 12.6. The minimum Gasteiger partial charge on any atom is -0.495 e. The van der Waals surface area contributed by atoms with Crippen molar-refractivity contribution in [3.63, 3.8) is 0 Å². The van der Waals surface area contributed by atoms with Gasteiger partial charge < -0.3 is 4.74 Å². The minimum absolute atomic E-state index is 0.0850. The van der Waals surface area contributed by atoms with Crippen LogP contribution < -0.4 is 4.74 Å². The van der Waals surface area contributed by atoms with Gasteiger partial charge in [-0.2, -0.15) is 5.10 Å². The van der Waals surface area contributed by atoms with Crippen LogP contribution in [-0.4, -0.2) is 22.7 Å². The van der Waals surface area contributed by atoms with E-state index >= 15 is 0 Å². The van der Waals surface area contributed by atoms with E-state index in [9.17, 15) is 4.79 Å². The fourth-order valence-corrected chi connectivity index (χ4v) is 2.80. The Morgan fingerprint density at radius 1 is 1.20 bits per heavy atom. The van der Waals surface area contributed by atoms with Gasteiger partial charge in [-0.1, -0.05) is 18.2 Å². The number of hydrogen-bond donors (Lipinski definition) is 0. The standard InChI is InChI=1S/C15H12N2O2S/c1-19-13-8-10-20-15(13)14(18)12-7-9-16-17(12)11-5-3-2-4-6-11/h2-10H,1H3. The van der Waals surface area contributed by atoms with Gasteiger partial charge in [0, 0.05) is 0 Å². The lowest BCUT2D eigenvalue weighted by molar-refractivity contribution is 0.103. The zero-order chi connectivity index (χ0) is 13.9. The predicted molar refractivity (Wildman–Crippen MR) is 77.9 cm³/mol. The average molecular weight is 284 g/mol. The number of carbonyl (C=O) groups excluding carboxylic acids is 1. The average Bonchev–Trinajstić information content (AvgIpc) is 3.16. The molecule has 0 fully saturated rings. The number of ether oxygens (including phenoxy) is 1. The van der Waals surface area contributed by atoms with Crippen molar-refractivity contribution in [1.82, 2.24) is 9.78 Å².